The molecule has 1 atom stereocenters. The Bertz CT molecular complexity index is 301. The zero-order chi connectivity index (χ0) is 15.2. The van der Waals surface area contributed by atoms with Crippen LogP contribution in [0.1, 0.15) is 45.4 Å². The topological polar surface area (TPSA) is 29.1 Å². The maximum atomic E-state index is 12.5. The van der Waals surface area contributed by atoms with Gasteiger partial charge in [-0.05, 0) is 38.0 Å². The third kappa shape index (κ3) is 5.62. The minimum absolute atomic E-state index is 0.0707. The van der Waals surface area contributed by atoms with Crippen LogP contribution in [0.2, 0.25) is 0 Å². The molecule has 0 radical (unpaired) electrons. The molecule has 0 aliphatic heterocycles. The number of alkyl halides is 4. The summed E-state index contributed by atoms with van der Waals surface area (Å²) in [6.45, 7) is 2.70. The molecule has 1 rings (SSSR count). The maximum Gasteiger partial charge on any atom is 0.391 e. The second-order valence-electron chi connectivity index (χ2n) is 5.59. The standard InChI is InChI=1S/C14H23BrF3NO/c1-2-10(7-8-15)9-19-13(20)11-3-5-12(6-4-11)14(16,17)18/h10-12H,2-9H2,1H3,(H,19,20). The SMILES string of the molecule is CCC(CCBr)CNC(=O)C1CCC(C(F)(F)F)CC1. The van der Waals surface area contributed by atoms with Crippen molar-refractivity contribution in [3.05, 3.63) is 0 Å². The van der Waals surface area contributed by atoms with Crippen LogP contribution in [0.15, 0.2) is 0 Å². The molecule has 1 aliphatic rings. The highest BCUT2D eigenvalue weighted by Gasteiger charge is 2.42. The molecule has 1 amide bonds. The van der Waals surface area contributed by atoms with E-state index < -0.39 is 12.1 Å². The van der Waals surface area contributed by atoms with Gasteiger partial charge >= 0.3 is 6.18 Å². The summed E-state index contributed by atoms with van der Waals surface area (Å²) in [5.74, 6) is -1.10. The van der Waals surface area contributed by atoms with Crippen molar-refractivity contribution in [1.82, 2.24) is 5.32 Å². The molecule has 1 saturated carbocycles. The Hall–Kier alpha value is -0.260. The van der Waals surface area contributed by atoms with E-state index in [2.05, 4.69) is 28.2 Å². The molecule has 1 fully saturated rings. The molecule has 0 aromatic rings. The van der Waals surface area contributed by atoms with E-state index in [1.54, 1.807) is 0 Å². The molecular formula is C14H23BrF3NO. The number of hydrogen-bond donors (Lipinski definition) is 1. The van der Waals surface area contributed by atoms with E-state index in [4.69, 9.17) is 0 Å². The Morgan fingerprint density at radius 2 is 1.90 bits per heavy atom. The van der Waals surface area contributed by atoms with Crippen LogP contribution in [0, 0.1) is 17.8 Å². The van der Waals surface area contributed by atoms with E-state index in [0.717, 1.165) is 18.2 Å². The smallest absolute Gasteiger partial charge is 0.356 e. The largest absolute Gasteiger partial charge is 0.391 e. The minimum atomic E-state index is -4.11. The second-order valence-corrected chi connectivity index (χ2v) is 6.38. The lowest BCUT2D eigenvalue weighted by atomic mass is 9.81. The fraction of sp³-hybridized carbons (Fsp3) is 0.929. The van der Waals surface area contributed by atoms with Crippen molar-refractivity contribution in [1.29, 1.82) is 0 Å². The highest BCUT2D eigenvalue weighted by atomic mass is 79.9. The third-order valence-electron chi connectivity index (χ3n) is 4.22. The van der Waals surface area contributed by atoms with Gasteiger partial charge in [-0.15, -0.1) is 0 Å². The van der Waals surface area contributed by atoms with Crippen molar-refractivity contribution in [2.75, 3.05) is 11.9 Å². The molecule has 0 heterocycles. The van der Waals surface area contributed by atoms with Gasteiger partial charge in [-0.1, -0.05) is 29.3 Å². The molecule has 20 heavy (non-hydrogen) atoms. The number of halogens is 4. The van der Waals surface area contributed by atoms with Crippen molar-refractivity contribution in [3.63, 3.8) is 0 Å². The third-order valence-corrected chi connectivity index (χ3v) is 4.68. The van der Waals surface area contributed by atoms with Crippen molar-refractivity contribution >= 4 is 21.8 Å². The Morgan fingerprint density at radius 1 is 1.30 bits per heavy atom. The molecule has 118 valence electrons. The van der Waals surface area contributed by atoms with Crippen LogP contribution in [0.5, 0.6) is 0 Å². The van der Waals surface area contributed by atoms with Crippen LogP contribution in [0.25, 0.3) is 0 Å². The highest BCUT2D eigenvalue weighted by molar-refractivity contribution is 9.09. The van der Waals surface area contributed by atoms with Gasteiger partial charge in [0.15, 0.2) is 0 Å². The van der Waals surface area contributed by atoms with E-state index in [9.17, 15) is 18.0 Å². The van der Waals surface area contributed by atoms with Crippen LogP contribution in [0.3, 0.4) is 0 Å². The summed E-state index contributed by atoms with van der Waals surface area (Å²) in [5.41, 5.74) is 0. The van der Waals surface area contributed by atoms with Gasteiger partial charge < -0.3 is 5.32 Å². The van der Waals surface area contributed by atoms with Gasteiger partial charge in [0, 0.05) is 17.8 Å². The van der Waals surface area contributed by atoms with E-state index in [1.165, 1.54) is 0 Å². The van der Waals surface area contributed by atoms with E-state index in [1.807, 2.05) is 0 Å². The van der Waals surface area contributed by atoms with Gasteiger partial charge in [-0.3, -0.25) is 4.79 Å². The maximum absolute atomic E-state index is 12.5. The number of carbonyl (C=O) groups excluding carboxylic acids is 1. The van der Waals surface area contributed by atoms with E-state index >= 15 is 0 Å². The summed E-state index contributed by atoms with van der Waals surface area (Å²) >= 11 is 3.38. The highest BCUT2D eigenvalue weighted by Crippen LogP contribution is 2.39. The molecule has 0 bridgehead atoms. The van der Waals surface area contributed by atoms with E-state index in [-0.39, 0.29) is 24.7 Å². The van der Waals surface area contributed by atoms with Gasteiger partial charge in [-0.2, -0.15) is 13.2 Å². The number of amides is 1. The molecule has 1 unspecified atom stereocenters. The molecule has 0 aromatic heterocycles. The fourth-order valence-electron chi connectivity index (χ4n) is 2.68. The summed E-state index contributed by atoms with van der Waals surface area (Å²) in [7, 11) is 0. The Balaban J connectivity index is 2.32. The van der Waals surface area contributed by atoms with Crippen LogP contribution in [-0.4, -0.2) is 24.0 Å². The van der Waals surface area contributed by atoms with Crippen LogP contribution >= 0.6 is 15.9 Å². The van der Waals surface area contributed by atoms with Gasteiger partial charge in [0.2, 0.25) is 5.91 Å². The molecule has 2 nitrogen and oxygen atoms in total. The molecule has 1 N–H and O–H groups in total. The lowest BCUT2D eigenvalue weighted by molar-refractivity contribution is -0.184. The average molecular weight is 358 g/mol. The first kappa shape index (κ1) is 17.8. The summed E-state index contributed by atoms with van der Waals surface area (Å²) in [5, 5.41) is 3.80. The Labute approximate surface area is 127 Å². The molecule has 0 aromatic carbocycles. The first-order chi connectivity index (χ1) is 9.38. The van der Waals surface area contributed by atoms with E-state index in [0.29, 0.717) is 25.3 Å². The van der Waals surface area contributed by atoms with Crippen LogP contribution in [0.4, 0.5) is 13.2 Å². The van der Waals surface area contributed by atoms with Gasteiger partial charge in [0.05, 0.1) is 5.92 Å². The summed E-state index contributed by atoms with van der Waals surface area (Å²) in [6, 6.07) is 0. The average Bonchev–Trinajstić information content (AvgIpc) is 2.42. The van der Waals surface area contributed by atoms with Gasteiger partial charge in [0.25, 0.3) is 0 Å². The fourth-order valence-corrected chi connectivity index (χ4v) is 3.32. The molecule has 0 spiro atoms. The Morgan fingerprint density at radius 3 is 2.35 bits per heavy atom. The molecule has 1 aliphatic carbocycles. The monoisotopic (exact) mass is 357 g/mol. The number of hydrogen-bond acceptors (Lipinski definition) is 1. The lowest BCUT2D eigenvalue weighted by Gasteiger charge is -2.29. The van der Waals surface area contributed by atoms with Crippen molar-refractivity contribution in [2.45, 2.75) is 51.6 Å². The normalized spacial score (nSPS) is 25.2. The molecule has 6 heteroatoms. The predicted octanol–water partition coefficient (Wildman–Crippen LogP) is 4.28. The number of nitrogens with one attached hydrogen (secondary N) is 1. The van der Waals surface area contributed by atoms with Crippen LogP contribution in [-0.2, 0) is 4.79 Å². The van der Waals surface area contributed by atoms with Crippen molar-refractivity contribution < 1.29 is 18.0 Å². The molecular weight excluding hydrogens is 335 g/mol. The number of rotatable bonds is 6. The number of carbonyl (C=O) groups is 1. The van der Waals surface area contributed by atoms with Gasteiger partial charge in [0.1, 0.15) is 0 Å². The minimum Gasteiger partial charge on any atom is -0.356 e. The second kappa shape index (κ2) is 8.25. The van der Waals surface area contributed by atoms with Crippen molar-refractivity contribution in [3.8, 4) is 0 Å². The first-order valence-corrected chi connectivity index (χ1v) is 8.41. The quantitative estimate of drug-likeness (QED) is 0.706. The van der Waals surface area contributed by atoms with Crippen LogP contribution < -0.4 is 5.32 Å². The Kier molecular flexibility index (Phi) is 7.34. The molecule has 0 saturated heterocycles. The van der Waals surface area contributed by atoms with Gasteiger partial charge in [-0.25, -0.2) is 0 Å². The summed E-state index contributed by atoms with van der Waals surface area (Å²) in [6.07, 6.45) is -1.24. The predicted molar refractivity (Wildman–Crippen MR) is 76.7 cm³/mol. The summed E-state index contributed by atoms with van der Waals surface area (Å²) < 4.78 is 37.6. The zero-order valence-corrected chi connectivity index (χ0v) is 13.4. The lowest BCUT2D eigenvalue weighted by Crippen LogP contribution is -2.38. The zero-order valence-electron chi connectivity index (χ0n) is 11.8. The summed E-state index contributed by atoms with van der Waals surface area (Å²) in [4.78, 5) is 12.0. The van der Waals surface area contributed by atoms with Crippen molar-refractivity contribution in [2.24, 2.45) is 17.8 Å². The first-order valence-electron chi connectivity index (χ1n) is 7.28.